The molecule has 0 radical (unpaired) electrons. The van der Waals surface area contributed by atoms with E-state index in [-0.39, 0.29) is 11.9 Å². The number of carbonyl (C=O) groups is 1. The quantitative estimate of drug-likeness (QED) is 0.838. The van der Waals surface area contributed by atoms with Crippen LogP contribution in [0.15, 0.2) is 41.2 Å². The number of carbonyl (C=O) groups excluding carboxylic acids is 1. The van der Waals surface area contributed by atoms with E-state index < -0.39 is 0 Å². The van der Waals surface area contributed by atoms with Gasteiger partial charge in [-0.2, -0.15) is 0 Å². The van der Waals surface area contributed by atoms with Gasteiger partial charge >= 0.3 is 0 Å². The molecule has 1 fully saturated rings. The van der Waals surface area contributed by atoms with E-state index in [1.165, 1.54) is 0 Å². The van der Waals surface area contributed by atoms with E-state index in [9.17, 15) is 4.79 Å². The fourth-order valence-electron chi connectivity index (χ4n) is 2.03. The average Bonchev–Trinajstić information content (AvgIpc) is 2.71. The number of halogens is 1. The number of nitrogens with zero attached hydrogens (tertiary/aromatic N) is 1. The van der Waals surface area contributed by atoms with Crippen LogP contribution in [0.3, 0.4) is 0 Å². The number of rotatable bonds is 2. The van der Waals surface area contributed by atoms with E-state index in [0.717, 1.165) is 4.47 Å². The normalized spacial score (nSPS) is 19.2. The van der Waals surface area contributed by atoms with Crippen molar-refractivity contribution in [1.82, 2.24) is 4.90 Å². The molecule has 1 aliphatic rings. The molecule has 0 bridgehead atoms. The molecule has 0 unspecified atom stereocenters. The lowest BCUT2D eigenvalue weighted by Crippen LogP contribution is -2.38. The second-order valence-corrected chi connectivity index (χ2v) is 5.53. The SMILES string of the molecule is C=C1OC[C@H](C(C)C)N1C(=O)c1ccccc1Br. The Labute approximate surface area is 116 Å². The van der Waals surface area contributed by atoms with Gasteiger partial charge in [-0.3, -0.25) is 9.69 Å². The van der Waals surface area contributed by atoms with Gasteiger partial charge in [-0.15, -0.1) is 0 Å². The van der Waals surface area contributed by atoms with Gasteiger partial charge in [0, 0.05) is 4.47 Å². The summed E-state index contributed by atoms with van der Waals surface area (Å²) in [5.41, 5.74) is 0.634. The number of ether oxygens (including phenoxy) is 1. The zero-order chi connectivity index (χ0) is 13.3. The molecular weight excluding hydrogens is 294 g/mol. The van der Waals surface area contributed by atoms with Crippen LogP contribution in [-0.4, -0.2) is 23.5 Å². The predicted molar refractivity (Wildman–Crippen MR) is 74.0 cm³/mol. The second kappa shape index (κ2) is 5.14. The molecular formula is C14H16BrNO2. The number of hydrogen-bond donors (Lipinski definition) is 0. The Hall–Kier alpha value is -1.29. The highest BCUT2D eigenvalue weighted by atomic mass is 79.9. The van der Waals surface area contributed by atoms with Crippen molar-refractivity contribution >= 4 is 21.8 Å². The molecule has 4 heteroatoms. The average molecular weight is 310 g/mol. The van der Waals surface area contributed by atoms with Crippen LogP contribution in [0.4, 0.5) is 0 Å². The van der Waals surface area contributed by atoms with Crippen molar-refractivity contribution < 1.29 is 9.53 Å². The smallest absolute Gasteiger partial charge is 0.262 e. The van der Waals surface area contributed by atoms with Crippen molar-refractivity contribution in [3.63, 3.8) is 0 Å². The van der Waals surface area contributed by atoms with Crippen molar-refractivity contribution in [1.29, 1.82) is 0 Å². The maximum atomic E-state index is 12.5. The third-order valence-corrected chi connectivity index (χ3v) is 3.81. The fourth-order valence-corrected chi connectivity index (χ4v) is 2.48. The minimum atomic E-state index is -0.0660. The molecule has 0 aromatic heterocycles. The number of benzene rings is 1. The van der Waals surface area contributed by atoms with Crippen LogP contribution < -0.4 is 0 Å². The highest BCUT2D eigenvalue weighted by molar-refractivity contribution is 9.10. The van der Waals surface area contributed by atoms with Crippen LogP contribution in [0.5, 0.6) is 0 Å². The summed E-state index contributed by atoms with van der Waals surface area (Å²) in [4.78, 5) is 14.2. The van der Waals surface area contributed by atoms with E-state index in [1.807, 2.05) is 18.2 Å². The molecule has 0 saturated carbocycles. The monoisotopic (exact) mass is 309 g/mol. The minimum absolute atomic E-state index is 0.0529. The lowest BCUT2D eigenvalue weighted by atomic mass is 10.0. The van der Waals surface area contributed by atoms with Crippen LogP contribution in [0, 0.1) is 5.92 Å². The van der Waals surface area contributed by atoms with Crippen LogP contribution in [-0.2, 0) is 4.74 Å². The summed E-state index contributed by atoms with van der Waals surface area (Å²) in [6.45, 7) is 8.49. The molecule has 1 amide bonds. The zero-order valence-corrected chi connectivity index (χ0v) is 12.1. The Morgan fingerprint density at radius 3 is 2.78 bits per heavy atom. The van der Waals surface area contributed by atoms with Gasteiger partial charge in [-0.25, -0.2) is 0 Å². The van der Waals surface area contributed by atoms with Crippen molar-refractivity contribution in [3.8, 4) is 0 Å². The van der Waals surface area contributed by atoms with Gasteiger partial charge in [0.05, 0.1) is 11.6 Å². The topological polar surface area (TPSA) is 29.5 Å². The summed E-state index contributed by atoms with van der Waals surface area (Å²) in [6, 6.07) is 7.45. The van der Waals surface area contributed by atoms with Crippen molar-refractivity contribution in [2.75, 3.05) is 6.61 Å². The summed E-state index contributed by atoms with van der Waals surface area (Å²) in [5, 5.41) is 0. The molecule has 2 rings (SSSR count). The minimum Gasteiger partial charge on any atom is -0.477 e. The molecule has 0 N–H and O–H groups in total. The summed E-state index contributed by atoms with van der Waals surface area (Å²) >= 11 is 3.40. The first-order valence-electron chi connectivity index (χ1n) is 5.92. The summed E-state index contributed by atoms with van der Waals surface area (Å²) in [6.07, 6.45) is 0. The standard InChI is InChI=1S/C14H16BrNO2/c1-9(2)13-8-18-10(3)16(13)14(17)11-6-4-5-7-12(11)15/h4-7,9,13H,3,8H2,1-2H3/t13-/m1/s1. The van der Waals surface area contributed by atoms with Crippen molar-refractivity contribution in [3.05, 3.63) is 46.8 Å². The first-order valence-corrected chi connectivity index (χ1v) is 6.71. The Kier molecular flexibility index (Phi) is 3.76. The Morgan fingerprint density at radius 1 is 1.50 bits per heavy atom. The Morgan fingerprint density at radius 2 is 2.17 bits per heavy atom. The maximum absolute atomic E-state index is 12.5. The third kappa shape index (κ3) is 2.29. The van der Waals surface area contributed by atoms with E-state index >= 15 is 0 Å². The van der Waals surface area contributed by atoms with Gasteiger partial charge < -0.3 is 4.74 Å². The fraction of sp³-hybridized carbons (Fsp3) is 0.357. The number of hydrogen-bond acceptors (Lipinski definition) is 2. The summed E-state index contributed by atoms with van der Waals surface area (Å²) in [5.74, 6) is 0.703. The highest BCUT2D eigenvalue weighted by Gasteiger charge is 2.36. The Balaban J connectivity index is 2.33. The van der Waals surface area contributed by atoms with Gasteiger partial charge in [0.25, 0.3) is 5.91 Å². The molecule has 1 aromatic carbocycles. The molecule has 1 heterocycles. The Bertz CT molecular complexity index is 484. The first-order chi connectivity index (χ1) is 8.52. The van der Waals surface area contributed by atoms with E-state index in [1.54, 1.807) is 11.0 Å². The molecule has 0 spiro atoms. The third-order valence-electron chi connectivity index (χ3n) is 3.11. The molecule has 3 nitrogen and oxygen atoms in total. The van der Waals surface area contributed by atoms with Gasteiger partial charge in [0.1, 0.15) is 6.61 Å². The van der Waals surface area contributed by atoms with E-state index in [4.69, 9.17) is 4.74 Å². The van der Waals surface area contributed by atoms with E-state index in [2.05, 4.69) is 36.4 Å². The van der Waals surface area contributed by atoms with Crippen LogP contribution in [0.2, 0.25) is 0 Å². The highest BCUT2D eigenvalue weighted by Crippen LogP contribution is 2.28. The van der Waals surface area contributed by atoms with Gasteiger partial charge in [-0.05, 0) is 40.6 Å². The van der Waals surface area contributed by atoms with Gasteiger partial charge in [0.15, 0.2) is 5.88 Å². The first kappa shape index (κ1) is 13.1. The molecule has 1 aliphatic heterocycles. The maximum Gasteiger partial charge on any atom is 0.262 e. The summed E-state index contributed by atoms with van der Waals surface area (Å²) in [7, 11) is 0. The lowest BCUT2D eigenvalue weighted by Gasteiger charge is -2.25. The van der Waals surface area contributed by atoms with E-state index in [0.29, 0.717) is 24.0 Å². The van der Waals surface area contributed by atoms with Crippen molar-refractivity contribution in [2.45, 2.75) is 19.9 Å². The van der Waals surface area contributed by atoms with Crippen molar-refractivity contribution in [2.24, 2.45) is 5.92 Å². The largest absolute Gasteiger partial charge is 0.477 e. The summed E-state index contributed by atoms with van der Waals surface area (Å²) < 4.78 is 6.21. The van der Waals surface area contributed by atoms with Gasteiger partial charge in [0.2, 0.25) is 0 Å². The second-order valence-electron chi connectivity index (χ2n) is 4.67. The molecule has 1 atom stereocenters. The van der Waals surface area contributed by atoms with Crippen LogP contribution in [0.25, 0.3) is 0 Å². The predicted octanol–water partition coefficient (Wildman–Crippen LogP) is 3.42. The molecule has 1 saturated heterocycles. The van der Waals surface area contributed by atoms with Gasteiger partial charge in [-0.1, -0.05) is 26.0 Å². The molecule has 96 valence electrons. The molecule has 18 heavy (non-hydrogen) atoms. The zero-order valence-electron chi connectivity index (χ0n) is 10.5. The lowest BCUT2D eigenvalue weighted by molar-refractivity contribution is 0.0743. The van der Waals surface area contributed by atoms with Crippen LogP contribution in [0.1, 0.15) is 24.2 Å². The number of amides is 1. The molecule has 0 aliphatic carbocycles. The van der Waals surface area contributed by atoms with Crippen LogP contribution >= 0.6 is 15.9 Å². The molecule has 1 aromatic rings.